The number of nitrogens with zero attached hydrogens (tertiary/aromatic N) is 3. The maximum Gasteiger partial charge on any atom is 0.259 e. The molecule has 3 rings (SSSR count). The molecule has 2 N–H and O–H groups in total. The van der Waals surface area contributed by atoms with Gasteiger partial charge >= 0.3 is 0 Å². The second-order valence-electron chi connectivity index (χ2n) is 4.32. The molecule has 1 aliphatic rings. The molecule has 0 radical (unpaired) electrons. The normalized spacial score (nSPS) is 17.8. The summed E-state index contributed by atoms with van der Waals surface area (Å²) >= 11 is 0. The highest BCUT2D eigenvalue weighted by Crippen LogP contribution is 2.37. The summed E-state index contributed by atoms with van der Waals surface area (Å²) < 4.78 is 18.1. The Kier molecular flexibility index (Phi) is 2.19. The van der Waals surface area contributed by atoms with Gasteiger partial charge in [-0.1, -0.05) is 5.16 Å². The fourth-order valence-electron chi connectivity index (χ4n) is 1.85. The van der Waals surface area contributed by atoms with Crippen molar-refractivity contribution >= 4 is 0 Å². The topological polar surface area (TPSA) is 77.8 Å². The number of nitrogens with two attached hydrogens (primary N) is 1. The van der Waals surface area contributed by atoms with Crippen molar-refractivity contribution in [1.29, 1.82) is 0 Å². The van der Waals surface area contributed by atoms with E-state index in [1.807, 2.05) is 0 Å². The third-order valence-corrected chi connectivity index (χ3v) is 3.07. The zero-order chi connectivity index (χ0) is 11.9. The molecular formula is C11H11FN4O. The second-order valence-corrected chi connectivity index (χ2v) is 4.32. The Labute approximate surface area is 96.9 Å². The largest absolute Gasteiger partial charge is 0.334 e. The van der Waals surface area contributed by atoms with Crippen LogP contribution in [0, 0.1) is 5.82 Å². The lowest BCUT2D eigenvalue weighted by atomic mass is 9.77. The molecule has 2 heterocycles. The van der Waals surface area contributed by atoms with Gasteiger partial charge in [-0.2, -0.15) is 4.98 Å². The van der Waals surface area contributed by atoms with E-state index in [0.29, 0.717) is 11.4 Å². The fraction of sp³-hybridized carbons (Fsp3) is 0.364. The van der Waals surface area contributed by atoms with Gasteiger partial charge in [0.05, 0.1) is 17.3 Å². The van der Waals surface area contributed by atoms with Crippen LogP contribution in [0.15, 0.2) is 23.0 Å². The standard InChI is InChI=1S/C11H11FN4O/c12-8-4-7(5-14-6-8)9-15-10(16-17-9)11(13)2-1-3-11/h4-6H,1-3,13H2. The zero-order valence-corrected chi connectivity index (χ0v) is 9.06. The van der Waals surface area contributed by atoms with E-state index in [9.17, 15) is 4.39 Å². The first kappa shape index (κ1) is 10.3. The minimum Gasteiger partial charge on any atom is -0.334 e. The number of hydrogen-bond acceptors (Lipinski definition) is 5. The van der Waals surface area contributed by atoms with E-state index in [0.717, 1.165) is 25.5 Å². The molecule has 17 heavy (non-hydrogen) atoms. The molecule has 2 aromatic heterocycles. The number of rotatable bonds is 2. The van der Waals surface area contributed by atoms with Gasteiger partial charge in [-0.15, -0.1) is 0 Å². The van der Waals surface area contributed by atoms with E-state index < -0.39 is 11.4 Å². The Hall–Kier alpha value is -1.82. The summed E-state index contributed by atoms with van der Waals surface area (Å²) in [6.45, 7) is 0. The lowest BCUT2D eigenvalue weighted by Gasteiger charge is -2.34. The van der Waals surface area contributed by atoms with Crippen molar-refractivity contribution in [2.24, 2.45) is 5.73 Å². The molecule has 0 saturated heterocycles. The summed E-state index contributed by atoms with van der Waals surface area (Å²) in [6.07, 6.45) is 5.38. The summed E-state index contributed by atoms with van der Waals surface area (Å²) in [4.78, 5) is 7.94. The molecule has 5 nitrogen and oxygen atoms in total. The predicted octanol–water partition coefficient (Wildman–Crippen LogP) is 1.61. The molecule has 0 amide bonds. The van der Waals surface area contributed by atoms with Gasteiger partial charge in [-0.25, -0.2) is 4.39 Å². The molecule has 0 aromatic carbocycles. The Bertz CT molecular complexity index is 550. The highest BCUT2D eigenvalue weighted by Gasteiger charge is 2.39. The van der Waals surface area contributed by atoms with Gasteiger partial charge in [0.1, 0.15) is 5.82 Å². The van der Waals surface area contributed by atoms with Crippen LogP contribution in [0.4, 0.5) is 4.39 Å². The van der Waals surface area contributed by atoms with Crippen LogP contribution in [0.2, 0.25) is 0 Å². The van der Waals surface area contributed by atoms with E-state index >= 15 is 0 Å². The Morgan fingerprint density at radius 2 is 2.18 bits per heavy atom. The van der Waals surface area contributed by atoms with Gasteiger partial charge in [0.15, 0.2) is 5.82 Å². The number of aromatic nitrogens is 3. The van der Waals surface area contributed by atoms with Crippen LogP contribution in [-0.2, 0) is 5.54 Å². The van der Waals surface area contributed by atoms with Gasteiger partial charge in [-0.05, 0) is 25.3 Å². The Morgan fingerprint density at radius 3 is 2.82 bits per heavy atom. The average Bonchev–Trinajstić information content (AvgIpc) is 2.75. The third kappa shape index (κ3) is 1.70. The van der Waals surface area contributed by atoms with Crippen molar-refractivity contribution in [2.45, 2.75) is 24.8 Å². The van der Waals surface area contributed by atoms with Gasteiger partial charge < -0.3 is 10.3 Å². The van der Waals surface area contributed by atoms with Crippen molar-refractivity contribution in [2.75, 3.05) is 0 Å². The Balaban J connectivity index is 1.95. The summed E-state index contributed by atoms with van der Waals surface area (Å²) in [7, 11) is 0. The van der Waals surface area contributed by atoms with E-state index in [2.05, 4.69) is 15.1 Å². The van der Waals surface area contributed by atoms with Crippen LogP contribution in [0.1, 0.15) is 25.1 Å². The number of pyridine rings is 1. The van der Waals surface area contributed by atoms with Crippen LogP contribution >= 0.6 is 0 Å². The fourth-order valence-corrected chi connectivity index (χ4v) is 1.85. The third-order valence-electron chi connectivity index (χ3n) is 3.07. The quantitative estimate of drug-likeness (QED) is 0.854. The number of halogens is 1. The first-order valence-corrected chi connectivity index (χ1v) is 5.41. The SMILES string of the molecule is NC1(c2noc(-c3cncc(F)c3)n2)CCC1. The lowest BCUT2D eigenvalue weighted by Crippen LogP contribution is -2.44. The minimum absolute atomic E-state index is 0.253. The molecule has 0 aliphatic heterocycles. The van der Waals surface area contributed by atoms with Crippen molar-refractivity contribution in [1.82, 2.24) is 15.1 Å². The summed E-state index contributed by atoms with van der Waals surface area (Å²) in [5, 5.41) is 3.85. The molecule has 1 fully saturated rings. The van der Waals surface area contributed by atoms with Crippen LogP contribution < -0.4 is 5.73 Å². The van der Waals surface area contributed by atoms with Crippen LogP contribution in [0.5, 0.6) is 0 Å². The maximum absolute atomic E-state index is 13.0. The second kappa shape index (κ2) is 3.59. The van der Waals surface area contributed by atoms with Crippen molar-refractivity contribution in [3.63, 3.8) is 0 Å². The maximum atomic E-state index is 13.0. The molecule has 88 valence electrons. The summed E-state index contributed by atoms with van der Waals surface area (Å²) in [6, 6.07) is 1.30. The molecule has 2 aromatic rings. The molecule has 0 atom stereocenters. The van der Waals surface area contributed by atoms with Crippen molar-refractivity contribution in [3.8, 4) is 11.5 Å². The molecule has 1 aliphatic carbocycles. The van der Waals surface area contributed by atoms with Crippen molar-refractivity contribution < 1.29 is 8.91 Å². The molecule has 0 bridgehead atoms. The highest BCUT2D eigenvalue weighted by molar-refractivity contribution is 5.50. The Morgan fingerprint density at radius 1 is 1.35 bits per heavy atom. The highest BCUT2D eigenvalue weighted by atomic mass is 19.1. The van der Waals surface area contributed by atoms with Crippen molar-refractivity contribution in [3.05, 3.63) is 30.1 Å². The predicted molar refractivity (Wildman–Crippen MR) is 57.2 cm³/mol. The van der Waals surface area contributed by atoms with E-state index in [-0.39, 0.29) is 5.89 Å². The zero-order valence-electron chi connectivity index (χ0n) is 9.06. The van der Waals surface area contributed by atoms with E-state index in [1.165, 1.54) is 12.3 Å². The molecule has 1 saturated carbocycles. The van der Waals surface area contributed by atoms with Gasteiger partial charge in [-0.3, -0.25) is 4.98 Å². The van der Waals surface area contributed by atoms with Gasteiger partial charge in [0, 0.05) is 6.20 Å². The first-order valence-electron chi connectivity index (χ1n) is 5.41. The van der Waals surface area contributed by atoms with Crippen LogP contribution in [0.25, 0.3) is 11.5 Å². The molecular weight excluding hydrogens is 223 g/mol. The minimum atomic E-state index is -0.470. The van der Waals surface area contributed by atoms with Gasteiger partial charge in [0.2, 0.25) is 0 Å². The lowest BCUT2D eigenvalue weighted by molar-refractivity contribution is 0.229. The molecule has 6 heteroatoms. The average molecular weight is 234 g/mol. The summed E-state index contributed by atoms with van der Waals surface area (Å²) in [5.74, 6) is 0.306. The van der Waals surface area contributed by atoms with Crippen LogP contribution in [-0.4, -0.2) is 15.1 Å². The monoisotopic (exact) mass is 234 g/mol. The first-order chi connectivity index (χ1) is 8.17. The van der Waals surface area contributed by atoms with E-state index in [4.69, 9.17) is 10.3 Å². The van der Waals surface area contributed by atoms with E-state index in [1.54, 1.807) is 0 Å². The van der Waals surface area contributed by atoms with Crippen LogP contribution in [0.3, 0.4) is 0 Å². The summed E-state index contributed by atoms with van der Waals surface area (Å²) in [5.41, 5.74) is 6.07. The molecule has 0 unspecified atom stereocenters. The van der Waals surface area contributed by atoms with Gasteiger partial charge in [0.25, 0.3) is 5.89 Å². The smallest absolute Gasteiger partial charge is 0.259 e. The number of hydrogen-bond donors (Lipinski definition) is 1. The molecule has 0 spiro atoms.